The Morgan fingerprint density at radius 3 is 2.64 bits per heavy atom. The highest BCUT2D eigenvalue weighted by molar-refractivity contribution is 7.98. The maximum absolute atomic E-state index is 14.0. The van der Waals surface area contributed by atoms with E-state index < -0.39 is 0 Å². The van der Waals surface area contributed by atoms with Crippen LogP contribution in [-0.4, -0.2) is 33.8 Å². The summed E-state index contributed by atoms with van der Waals surface area (Å²) in [6, 6.07) is 4.99. The van der Waals surface area contributed by atoms with Crippen LogP contribution in [0.3, 0.4) is 0 Å². The minimum atomic E-state index is -0.278. The van der Waals surface area contributed by atoms with Crippen molar-refractivity contribution in [1.82, 2.24) is 19.7 Å². The summed E-state index contributed by atoms with van der Waals surface area (Å²) < 4.78 is 16.2. The minimum absolute atomic E-state index is 0.218. The Morgan fingerprint density at radius 1 is 1.28 bits per heavy atom. The molecule has 0 aliphatic rings. The second kappa shape index (κ2) is 9.55. The molecule has 138 valence electrons. The molecule has 1 unspecified atom stereocenters. The number of benzene rings is 1. The summed E-state index contributed by atoms with van der Waals surface area (Å²) in [4.78, 5) is 2.16. The van der Waals surface area contributed by atoms with Crippen molar-refractivity contribution in [2.45, 2.75) is 56.6 Å². The molecule has 2 aromatic rings. The Labute approximate surface area is 158 Å². The lowest BCUT2D eigenvalue weighted by atomic mass is 10.2. The first-order valence-electron chi connectivity index (χ1n) is 8.64. The number of hydrogen-bond donors (Lipinski definition) is 0. The molecule has 1 aromatic heterocycles. The molecule has 0 fully saturated rings. The highest BCUT2D eigenvalue weighted by atomic mass is 35.5. The van der Waals surface area contributed by atoms with Gasteiger partial charge in [-0.25, -0.2) is 4.39 Å². The lowest BCUT2D eigenvalue weighted by Crippen LogP contribution is -2.23. The van der Waals surface area contributed by atoms with E-state index in [1.54, 1.807) is 12.1 Å². The van der Waals surface area contributed by atoms with Crippen molar-refractivity contribution in [3.63, 3.8) is 0 Å². The summed E-state index contributed by atoms with van der Waals surface area (Å²) in [5.74, 6) is 1.14. The van der Waals surface area contributed by atoms with Gasteiger partial charge in [0, 0.05) is 22.9 Å². The Hall–Kier alpha value is -1.11. The molecule has 0 saturated heterocycles. The van der Waals surface area contributed by atoms with Crippen LogP contribution in [0.15, 0.2) is 23.4 Å². The van der Waals surface area contributed by atoms with Crippen molar-refractivity contribution >= 4 is 23.4 Å². The topological polar surface area (TPSA) is 34.0 Å². The van der Waals surface area contributed by atoms with Gasteiger partial charge < -0.3 is 4.57 Å². The van der Waals surface area contributed by atoms with Crippen molar-refractivity contribution in [1.29, 1.82) is 0 Å². The van der Waals surface area contributed by atoms with E-state index in [1.165, 1.54) is 17.8 Å². The second-order valence-corrected chi connectivity index (χ2v) is 7.57. The maximum atomic E-state index is 14.0. The van der Waals surface area contributed by atoms with Gasteiger partial charge >= 0.3 is 0 Å². The SMILES string of the molecule is CCCCn1c(SCc2c(F)cccc2Cl)nnc1C(CC)N(C)C. The zero-order valence-corrected chi connectivity index (χ0v) is 16.9. The third kappa shape index (κ3) is 4.96. The zero-order chi connectivity index (χ0) is 18.4. The maximum Gasteiger partial charge on any atom is 0.191 e. The van der Waals surface area contributed by atoms with Crippen LogP contribution in [0.25, 0.3) is 0 Å². The third-order valence-corrected chi connectivity index (χ3v) is 5.54. The fraction of sp³-hybridized carbons (Fsp3) is 0.556. The fourth-order valence-electron chi connectivity index (χ4n) is 2.77. The first kappa shape index (κ1) is 20.2. The average molecular weight is 385 g/mol. The number of aromatic nitrogens is 3. The van der Waals surface area contributed by atoms with Gasteiger partial charge in [-0.2, -0.15) is 0 Å². The highest BCUT2D eigenvalue weighted by Gasteiger charge is 2.22. The third-order valence-electron chi connectivity index (χ3n) is 4.20. The molecule has 1 aromatic carbocycles. The first-order valence-corrected chi connectivity index (χ1v) is 10.0. The quantitative estimate of drug-likeness (QED) is 0.558. The molecule has 0 radical (unpaired) electrons. The van der Waals surface area contributed by atoms with Crippen molar-refractivity contribution in [2.75, 3.05) is 14.1 Å². The van der Waals surface area contributed by atoms with Gasteiger partial charge in [0.05, 0.1) is 6.04 Å². The molecular weight excluding hydrogens is 359 g/mol. The summed E-state index contributed by atoms with van der Waals surface area (Å²) in [5.41, 5.74) is 0.514. The van der Waals surface area contributed by atoms with Gasteiger partial charge in [-0.3, -0.25) is 4.90 Å². The molecule has 4 nitrogen and oxygen atoms in total. The molecule has 25 heavy (non-hydrogen) atoms. The van der Waals surface area contributed by atoms with Crippen LogP contribution in [-0.2, 0) is 12.3 Å². The van der Waals surface area contributed by atoms with E-state index >= 15 is 0 Å². The summed E-state index contributed by atoms with van der Waals surface area (Å²) in [7, 11) is 4.11. The van der Waals surface area contributed by atoms with Crippen LogP contribution in [0.1, 0.15) is 50.5 Å². The Bertz CT molecular complexity index is 669. The van der Waals surface area contributed by atoms with Crippen LogP contribution in [0, 0.1) is 5.82 Å². The van der Waals surface area contributed by atoms with E-state index in [2.05, 4.69) is 47.6 Å². The normalized spacial score (nSPS) is 12.8. The van der Waals surface area contributed by atoms with Crippen LogP contribution in [0.4, 0.5) is 4.39 Å². The summed E-state index contributed by atoms with van der Waals surface area (Å²) in [5, 5.41) is 10.1. The molecule has 0 N–H and O–H groups in total. The standard InChI is InChI=1S/C18H26ClFN4S/c1-5-7-11-24-17(16(6-2)23(3)4)21-22-18(24)25-12-13-14(19)9-8-10-15(13)20/h8-10,16H,5-7,11-12H2,1-4H3. The van der Waals surface area contributed by atoms with Crippen molar-refractivity contribution < 1.29 is 4.39 Å². The summed E-state index contributed by atoms with van der Waals surface area (Å²) in [6.07, 6.45) is 3.11. The largest absolute Gasteiger partial charge is 0.305 e. The number of unbranched alkanes of at least 4 members (excludes halogenated alkanes) is 1. The van der Waals surface area contributed by atoms with Crippen LogP contribution >= 0.6 is 23.4 Å². The average Bonchev–Trinajstić information content (AvgIpc) is 2.95. The molecule has 2 rings (SSSR count). The van der Waals surface area contributed by atoms with Crippen LogP contribution in [0.5, 0.6) is 0 Å². The number of hydrogen-bond acceptors (Lipinski definition) is 4. The van der Waals surface area contributed by atoms with Crippen molar-refractivity contribution in [2.24, 2.45) is 0 Å². The Morgan fingerprint density at radius 2 is 2.04 bits per heavy atom. The van der Waals surface area contributed by atoms with Gasteiger partial charge in [-0.15, -0.1) is 10.2 Å². The Balaban J connectivity index is 2.26. The van der Waals surface area contributed by atoms with Crippen molar-refractivity contribution in [3.05, 3.63) is 40.4 Å². The lowest BCUT2D eigenvalue weighted by molar-refractivity contribution is 0.270. The second-order valence-electron chi connectivity index (χ2n) is 6.22. The molecule has 0 aliphatic carbocycles. The lowest BCUT2D eigenvalue weighted by Gasteiger charge is -2.23. The van der Waals surface area contributed by atoms with Gasteiger partial charge in [0.2, 0.25) is 0 Å². The zero-order valence-electron chi connectivity index (χ0n) is 15.3. The molecule has 1 heterocycles. The van der Waals surface area contributed by atoms with E-state index in [0.717, 1.165) is 36.8 Å². The molecule has 0 saturated carbocycles. The predicted octanol–water partition coefficient (Wildman–Crippen LogP) is 5.18. The van der Waals surface area contributed by atoms with Gasteiger partial charge in [-0.1, -0.05) is 49.7 Å². The first-order chi connectivity index (χ1) is 12.0. The fourth-order valence-corrected chi connectivity index (χ4v) is 4.08. The number of halogens is 2. The van der Waals surface area contributed by atoms with Crippen molar-refractivity contribution in [3.8, 4) is 0 Å². The Kier molecular flexibility index (Phi) is 7.72. The van der Waals surface area contributed by atoms with Crippen LogP contribution < -0.4 is 0 Å². The molecular formula is C18H26ClFN4S. The van der Waals surface area contributed by atoms with Gasteiger partial charge in [-0.05, 0) is 39.1 Å². The van der Waals surface area contributed by atoms with E-state index in [1.807, 2.05) is 0 Å². The molecule has 0 amide bonds. The summed E-state index contributed by atoms with van der Waals surface area (Å²) in [6.45, 7) is 5.19. The highest BCUT2D eigenvalue weighted by Crippen LogP contribution is 2.30. The minimum Gasteiger partial charge on any atom is -0.305 e. The molecule has 0 bridgehead atoms. The smallest absolute Gasteiger partial charge is 0.191 e. The number of nitrogens with zero attached hydrogens (tertiary/aromatic N) is 4. The number of thioether (sulfide) groups is 1. The predicted molar refractivity (Wildman–Crippen MR) is 103 cm³/mol. The monoisotopic (exact) mass is 384 g/mol. The molecule has 7 heteroatoms. The number of rotatable bonds is 9. The van der Waals surface area contributed by atoms with Gasteiger partial charge in [0.15, 0.2) is 11.0 Å². The van der Waals surface area contributed by atoms with Crippen LogP contribution in [0.2, 0.25) is 5.02 Å². The van der Waals surface area contributed by atoms with E-state index in [4.69, 9.17) is 11.6 Å². The van der Waals surface area contributed by atoms with Gasteiger partial charge in [0.25, 0.3) is 0 Å². The molecule has 1 atom stereocenters. The molecule has 0 spiro atoms. The summed E-state index contributed by atoms with van der Waals surface area (Å²) >= 11 is 7.62. The van der Waals surface area contributed by atoms with E-state index in [-0.39, 0.29) is 11.9 Å². The van der Waals surface area contributed by atoms with Gasteiger partial charge in [0.1, 0.15) is 5.82 Å². The molecule has 0 aliphatic heterocycles. The van der Waals surface area contributed by atoms with E-state index in [0.29, 0.717) is 16.3 Å². The van der Waals surface area contributed by atoms with E-state index in [9.17, 15) is 4.39 Å².